The Balaban J connectivity index is 1.81. The Kier molecular flexibility index (Phi) is 9.06. The molecule has 0 N–H and O–H groups in total. The topological polar surface area (TPSA) is 51.6 Å². The van der Waals surface area contributed by atoms with Gasteiger partial charge in [-0.15, -0.1) is 0 Å². The summed E-state index contributed by atoms with van der Waals surface area (Å²) in [7, 11) is 0. The molecule has 1 aliphatic carbocycles. The van der Waals surface area contributed by atoms with Crippen LogP contribution in [0.15, 0.2) is 115 Å². The number of aromatic nitrogens is 4. The van der Waals surface area contributed by atoms with Gasteiger partial charge in [-0.05, 0) is 74.1 Å². The third-order valence-electron chi connectivity index (χ3n) is 8.23. The smallest absolute Gasteiger partial charge is 0.164 e. The molecule has 43 heavy (non-hydrogen) atoms. The first kappa shape index (κ1) is 29.8. The van der Waals surface area contributed by atoms with Gasteiger partial charge in [-0.25, -0.2) is 15.0 Å². The molecule has 1 aliphatic rings. The molecule has 1 atom stereocenters. The van der Waals surface area contributed by atoms with Crippen molar-refractivity contribution < 1.29 is 0 Å². The van der Waals surface area contributed by atoms with Crippen LogP contribution in [-0.4, -0.2) is 19.9 Å². The summed E-state index contributed by atoms with van der Waals surface area (Å²) >= 11 is 0. The lowest BCUT2D eigenvalue weighted by molar-refractivity contribution is 0.679. The van der Waals surface area contributed by atoms with Gasteiger partial charge in [-0.3, -0.25) is 4.98 Å². The van der Waals surface area contributed by atoms with E-state index in [-0.39, 0.29) is 0 Å². The van der Waals surface area contributed by atoms with Crippen molar-refractivity contribution in [3.63, 3.8) is 0 Å². The van der Waals surface area contributed by atoms with Gasteiger partial charge < -0.3 is 0 Å². The van der Waals surface area contributed by atoms with Gasteiger partial charge in [-0.1, -0.05) is 111 Å². The molecule has 0 saturated heterocycles. The van der Waals surface area contributed by atoms with Gasteiger partial charge in [0.2, 0.25) is 0 Å². The van der Waals surface area contributed by atoms with E-state index in [0.29, 0.717) is 17.5 Å². The highest BCUT2D eigenvalue weighted by Crippen LogP contribution is 2.57. The molecule has 0 aliphatic heterocycles. The number of allylic oxidation sites excluding steroid dienone is 9. The van der Waals surface area contributed by atoms with Crippen LogP contribution in [0.4, 0.5) is 0 Å². The van der Waals surface area contributed by atoms with Crippen LogP contribution >= 0.6 is 0 Å². The second kappa shape index (κ2) is 13.1. The zero-order valence-electron chi connectivity index (χ0n) is 25.9. The molecule has 0 saturated carbocycles. The van der Waals surface area contributed by atoms with Crippen LogP contribution in [0, 0.1) is 0 Å². The molecule has 0 bridgehead atoms. The van der Waals surface area contributed by atoms with E-state index in [1.807, 2.05) is 57.3 Å². The van der Waals surface area contributed by atoms with E-state index in [0.717, 1.165) is 41.7 Å². The van der Waals surface area contributed by atoms with Crippen molar-refractivity contribution in [1.29, 1.82) is 0 Å². The first-order valence-corrected chi connectivity index (χ1v) is 15.3. The molecule has 2 heterocycles. The SMILES string of the molecule is C=C/C(=C\C)c1nc(C(/C=C\C)=C/C)nc(-c2ccc3c(c2)-c2ccccc2C3(/C(=C/CCC)CC)c2ccccn2)n1. The molecular weight excluding hydrogens is 524 g/mol. The van der Waals surface area contributed by atoms with Crippen LogP contribution in [0.2, 0.25) is 0 Å². The van der Waals surface area contributed by atoms with E-state index < -0.39 is 5.41 Å². The summed E-state index contributed by atoms with van der Waals surface area (Å²) in [5.74, 6) is 1.89. The Labute approximate surface area is 256 Å². The maximum Gasteiger partial charge on any atom is 0.164 e. The third-order valence-corrected chi connectivity index (χ3v) is 8.23. The number of unbranched alkanes of at least 4 members (excludes halogenated alkanes) is 1. The summed E-state index contributed by atoms with van der Waals surface area (Å²) in [6.45, 7) is 14.5. The molecule has 1 unspecified atom stereocenters. The first-order chi connectivity index (χ1) is 21.1. The Morgan fingerprint density at radius 1 is 0.814 bits per heavy atom. The second-order valence-electron chi connectivity index (χ2n) is 10.6. The van der Waals surface area contributed by atoms with Crippen molar-refractivity contribution in [3.05, 3.63) is 144 Å². The van der Waals surface area contributed by atoms with E-state index in [2.05, 4.69) is 81.1 Å². The Hall–Kier alpha value is -4.70. The highest BCUT2D eigenvalue weighted by atomic mass is 15.0. The predicted octanol–water partition coefficient (Wildman–Crippen LogP) is 9.95. The van der Waals surface area contributed by atoms with Crippen molar-refractivity contribution in [1.82, 2.24) is 19.9 Å². The number of rotatable bonds is 10. The van der Waals surface area contributed by atoms with Crippen LogP contribution in [0.3, 0.4) is 0 Å². The highest BCUT2D eigenvalue weighted by molar-refractivity contribution is 5.88. The zero-order chi connectivity index (χ0) is 30.4. The van der Waals surface area contributed by atoms with Crippen molar-refractivity contribution in [2.75, 3.05) is 0 Å². The lowest BCUT2D eigenvalue weighted by atomic mass is 9.68. The van der Waals surface area contributed by atoms with Crippen molar-refractivity contribution in [2.45, 2.75) is 59.3 Å². The molecule has 2 aromatic heterocycles. The van der Waals surface area contributed by atoms with E-state index >= 15 is 0 Å². The minimum absolute atomic E-state index is 0.462. The molecule has 2 aromatic carbocycles. The number of hydrogen-bond donors (Lipinski definition) is 0. The van der Waals surface area contributed by atoms with Crippen LogP contribution in [0.1, 0.15) is 82.4 Å². The fourth-order valence-corrected chi connectivity index (χ4v) is 6.26. The largest absolute Gasteiger partial charge is 0.260 e. The lowest BCUT2D eigenvalue weighted by Crippen LogP contribution is -2.30. The zero-order valence-corrected chi connectivity index (χ0v) is 25.9. The molecule has 4 heteroatoms. The molecular formula is C39H40N4. The molecule has 0 fully saturated rings. The molecule has 0 spiro atoms. The number of pyridine rings is 1. The van der Waals surface area contributed by atoms with Gasteiger partial charge in [0.25, 0.3) is 0 Å². The van der Waals surface area contributed by atoms with Crippen molar-refractivity contribution in [3.8, 4) is 22.5 Å². The van der Waals surface area contributed by atoms with Gasteiger partial charge in [0, 0.05) is 22.9 Å². The molecule has 4 aromatic rings. The Morgan fingerprint density at radius 2 is 1.53 bits per heavy atom. The number of hydrogen-bond acceptors (Lipinski definition) is 4. The maximum absolute atomic E-state index is 4.99. The van der Waals surface area contributed by atoms with Gasteiger partial charge in [0.15, 0.2) is 17.5 Å². The van der Waals surface area contributed by atoms with Crippen LogP contribution in [-0.2, 0) is 5.41 Å². The van der Waals surface area contributed by atoms with E-state index in [1.165, 1.54) is 27.8 Å². The van der Waals surface area contributed by atoms with Crippen molar-refractivity contribution in [2.24, 2.45) is 0 Å². The molecule has 4 nitrogen and oxygen atoms in total. The lowest BCUT2D eigenvalue weighted by Gasteiger charge is -2.34. The van der Waals surface area contributed by atoms with Gasteiger partial charge in [0.1, 0.15) is 0 Å². The van der Waals surface area contributed by atoms with Crippen LogP contribution in [0.25, 0.3) is 33.7 Å². The Bertz CT molecular complexity index is 1760. The highest BCUT2D eigenvalue weighted by Gasteiger charge is 2.47. The monoisotopic (exact) mass is 564 g/mol. The standard InChI is InChI=1S/C39H40N4/c1-7-13-19-30(12-6)39(35-22-16-17-25-40-35)33-21-15-14-20-31(33)32-26-29(23-24-34(32)39)38-42-36(27(9-3)10-4)41-37(43-38)28(11-5)18-8-2/h8-11,14-26H,3,7,12-13H2,1-2,4-6H3/b18-8-,27-10+,28-11+,30-19+. The van der Waals surface area contributed by atoms with E-state index in [9.17, 15) is 0 Å². The molecule has 0 amide bonds. The number of benzene rings is 2. The summed E-state index contributed by atoms with van der Waals surface area (Å²) in [6.07, 6.45) is 17.2. The summed E-state index contributed by atoms with van der Waals surface area (Å²) in [4.78, 5) is 19.8. The average molecular weight is 565 g/mol. The minimum atomic E-state index is -0.462. The van der Waals surface area contributed by atoms with Gasteiger partial charge >= 0.3 is 0 Å². The summed E-state index contributed by atoms with van der Waals surface area (Å²) in [5.41, 5.74) is 9.66. The summed E-state index contributed by atoms with van der Waals surface area (Å²) in [5, 5.41) is 0. The van der Waals surface area contributed by atoms with Crippen molar-refractivity contribution >= 4 is 11.1 Å². The van der Waals surface area contributed by atoms with Gasteiger partial charge in [0.05, 0.1) is 11.1 Å². The van der Waals surface area contributed by atoms with Crippen LogP contribution < -0.4 is 0 Å². The first-order valence-electron chi connectivity index (χ1n) is 15.3. The normalized spacial score (nSPS) is 16.8. The quantitative estimate of drug-likeness (QED) is 0.142. The van der Waals surface area contributed by atoms with Gasteiger partial charge in [-0.2, -0.15) is 0 Å². The second-order valence-corrected chi connectivity index (χ2v) is 10.6. The molecule has 5 rings (SSSR count). The average Bonchev–Trinajstić information content (AvgIpc) is 3.35. The fourth-order valence-electron chi connectivity index (χ4n) is 6.26. The summed E-state index contributed by atoms with van der Waals surface area (Å²) in [6, 6.07) is 21.7. The van der Waals surface area contributed by atoms with E-state index in [1.54, 1.807) is 6.08 Å². The number of fused-ring (bicyclic) bond motifs is 3. The predicted molar refractivity (Wildman–Crippen MR) is 180 cm³/mol. The summed E-state index contributed by atoms with van der Waals surface area (Å²) < 4.78 is 0. The van der Waals surface area contributed by atoms with E-state index in [4.69, 9.17) is 19.9 Å². The van der Waals surface area contributed by atoms with Crippen LogP contribution in [0.5, 0.6) is 0 Å². The fraction of sp³-hybridized carbons (Fsp3) is 0.231. The molecule has 216 valence electrons. The molecule has 0 radical (unpaired) electrons. The third kappa shape index (κ3) is 5.23. The minimum Gasteiger partial charge on any atom is -0.260 e. The maximum atomic E-state index is 4.99. The Morgan fingerprint density at radius 3 is 2.19 bits per heavy atom. The number of nitrogens with zero attached hydrogens (tertiary/aromatic N) is 4.